The van der Waals surface area contributed by atoms with Gasteiger partial charge in [-0.2, -0.15) is 0 Å². The molecule has 0 rings (SSSR count). The number of rotatable bonds is 11. The highest BCUT2D eigenvalue weighted by atomic mass is 28.5. The summed E-state index contributed by atoms with van der Waals surface area (Å²) in [5, 5.41) is 17.9. The van der Waals surface area contributed by atoms with Crippen LogP contribution in [0.5, 0.6) is 0 Å². The van der Waals surface area contributed by atoms with Crippen LogP contribution in [0.1, 0.15) is 6.42 Å². The first kappa shape index (κ1) is 21.5. The Morgan fingerprint density at radius 1 is 0.905 bits per heavy atom. The van der Waals surface area contributed by atoms with Gasteiger partial charge in [-0.3, -0.25) is 0 Å². The average Bonchev–Trinajstić information content (AvgIpc) is 2.22. The summed E-state index contributed by atoms with van der Waals surface area (Å²) in [6.07, 6.45) is 0.0700. The van der Waals surface area contributed by atoms with E-state index in [1.807, 2.05) is 0 Å². The molecule has 0 aliphatic heterocycles. The summed E-state index contributed by atoms with van der Waals surface area (Å²) in [5.74, 6) is 0. The molecule has 0 aromatic rings. The van der Waals surface area contributed by atoms with Crippen molar-refractivity contribution in [1.82, 2.24) is 0 Å². The summed E-state index contributed by atoms with van der Waals surface area (Å²) in [7, 11) is -5.45. The van der Waals surface area contributed by atoms with Crippen molar-refractivity contribution in [3.05, 3.63) is 0 Å². The van der Waals surface area contributed by atoms with Gasteiger partial charge in [0, 0.05) is 6.61 Å². The standard InChI is InChI=1S/C13H34O5Si3/c1-19(2,3)17-21(7,18-20(4,5)6)10-8-9-16-12-13(15)11-14/h13-15H,8-12H2,1-7H3. The van der Waals surface area contributed by atoms with E-state index < -0.39 is 31.3 Å². The monoisotopic (exact) mass is 354 g/mol. The second-order valence-electron chi connectivity index (χ2n) is 7.58. The van der Waals surface area contributed by atoms with Crippen molar-refractivity contribution in [2.24, 2.45) is 0 Å². The summed E-state index contributed by atoms with van der Waals surface area (Å²) >= 11 is 0. The third-order valence-corrected chi connectivity index (χ3v) is 12.1. The molecule has 0 saturated heterocycles. The smallest absolute Gasteiger partial charge is 0.314 e. The van der Waals surface area contributed by atoms with Crippen molar-refractivity contribution in [3.8, 4) is 0 Å². The van der Waals surface area contributed by atoms with Crippen LogP contribution >= 0.6 is 0 Å². The van der Waals surface area contributed by atoms with E-state index in [4.69, 9.17) is 18.1 Å². The molecule has 0 aromatic carbocycles. The predicted octanol–water partition coefficient (Wildman–Crippen LogP) is 2.52. The summed E-state index contributed by atoms with van der Waals surface area (Å²) < 4.78 is 18.2. The highest BCUT2D eigenvalue weighted by Gasteiger charge is 2.39. The van der Waals surface area contributed by atoms with Crippen LogP contribution < -0.4 is 0 Å². The molecule has 5 nitrogen and oxygen atoms in total. The third kappa shape index (κ3) is 12.7. The van der Waals surface area contributed by atoms with E-state index >= 15 is 0 Å². The zero-order chi connectivity index (χ0) is 16.7. The lowest BCUT2D eigenvalue weighted by atomic mass is 10.4. The maximum Gasteiger partial charge on any atom is 0.314 e. The SMILES string of the molecule is C[Si](C)(C)O[Si](C)(CCCOCC(O)CO)O[Si](C)(C)C. The van der Waals surface area contributed by atoms with Crippen LogP contribution in [0.4, 0.5) is 0 Å². The van der Waals surface area contributed by atoms with Crippen molar-refractivity contribution in [2.45, 2.75) is 64.4 Å². The van der Waals surface area contributed by atoms with Crippen LogP contribution in [0.2, 0.25) is 51.9 Å². The molecule has 21 heavy (non-hydrogen) atoms. The topological polar surface area (TPSA) is 68.2 Å². The fraction of sp³-hybridized carbons (Fsp3) is 1.00. The van der Waals surface area contributed by atoms with Gasteiger partial charge in [0.25, 0.3) is 0 Å². The first-order chi connectivity index (χ1) is 9.37. The van der Waals surface area contributed by atoms with E-state index in [-0.39, 0.29) is 13.2 Å². The van der Waals surface area contributed by atoms with Gasteiger partial charge in [0.2, 0.25) is 0 Å². The van der Waals surface area contributed by atoms with E-state index in [0.29, 0.717) is 6.61 Å². The molecule has 0 aliphatic rings. The Labute approximate surface area is 133 Å². The van der Waals surface area contributed by atoms with E-state index in [1.54, 1.807) is 0 Å². The highest BCUT2D eigenvalue weighted by Crippen LogP contribution is 2.25. The molecule has 1 atom stereocenters. The minimum Gasteiger partial charge on any atom is -0.437 e. The molecule has 0 fully saturated rings. The second kappa shape index (κ2) is 8.92. The Kier molecular flexibility index (Phi) is 9.11. The van der Waals surface area contributed by atoms with Crippen LogP contribution in [-0.4, -0.2) is 61.3 Å². The number of aliphatic hydroxyl groups excluding tert-OH is 2. The Morgan fingerprint density at radius 3 is 1.76 bits per heavy atom. The van der Waals surface area contributed by atoms with Crippen LogP contribution in [0, 0.1) is 0 Å². The predicted molar refractivity (Wildman–Crippen MR) is 93.8 cm³/mol. The van der Waals surface area contributed by atoms with E-state index in [1.165, 1.54) is 0 Å². The normalized spacial score (nSPS) is 15.3. The van der Waals surface area contributed by atoms with Gasteiger partial charge >= 0.3 is 8.56 Å². The van der Waals surface area contributed by atoms with Gasteiger partial charge in [-0.1, -0.05) is 0 Å². The van der Waals surface area contributed by atoms with Crippen molar-refractivity contribution in [1.29, 1.82) is 0 Å². The van der Waals surface area contributed by atoms with Crippen molar-refractivity contribution < 1.29 is 23.2 Å². The first-order valence-electron chi connectivity index (χ1n) is 7.64. The average molecular weight is 355 g/mol. The zero-order valence-corrected chi connectivity index (χ0v) is 17.7. The molecule has 0 spiro atoms. The minimum absolute atomic E-state index is 0.179. The molecule has 128 valence electrons. The van der Waals surface area contributed by atoms with E-state index in [2.05, 4.69) is 45.8 Å². The van der Waals surface area contributed by atoms with Crippen LogP contribution in [0.25, 0.3) is 0 Å². The molecule has 1 unspecified atom stereocenters. The number of hydrogen-bond acceptors (Lipinski definition) is 5. The highest BCUT2D eigenvalue weighted by molar-refractivity contribution is 6.87. The van der Waals surface area contributed by atoms with Crippen molar-refractivity contribution in [3.63, 3.8) is 0 Å². The van der Waals surface area contributed by atoms with Gasteiger partial charge in [-0.05, 0) is 58.3 Å². The van der Waals surface area contributed by atoms with Gasteiger partial charge in [-0.15, -0.1) is 0 Å². The molecule has 0 heterocycles. The maximum absolute atomic E-state index is 9.22. The molecular formula is C13H34O5Si3. The van der Waals surface area contributed by atoms with Gasteiger partial charge in [-0.25, -0.2) is 0 Å². The number of aliphatic hydroxyl groups is 2. The molecule has 0 amide bonds. The lowest BCUT2D eigenvalue weighted by Crippen LogP contribution is -2.52. The fourth-order valence-corrected chi connectivity index (χ4v) is 14.7. The molecule has 8 heteroatoms. The van der Waals surface area contributed by atoms with Gasteiger partial charge < -0.3 is 23.2 Å². The Bertz CT molecular complexity index is 273. The van der Waals surface area contributed by atoms with Crippen LogP contribution in [0.15, 0.2) is 0 Å². The Balaban J connectivity index is 4.35. The Morgan fingerprint density at radius 2 is 1.38 bits per heavy atom. The number of hydrogen-bond donors (Lipinski definition) is 2. The lowest BCUT2D eigenvalue weighted by molar-refractivity contribution is 0.00625. The zero-order valence-electron chi connectivity index (χ0n) is 14.7. The third-order valence-electron chi connectivity index (χ3n) is 2.48. The first-order valence-corrected chi connectivity index (χ1v) is 17.0. The summed E-state index contributed by atoms with van der Waals surface area (Å²) in [5.41, 5.74) is 0. The van der Waals surface area contributed by atoms with Gasteiger partial charge in [0.15, 0.2) is 16.6 Å². The lowest BCUT2D eigenvalue weighted by Gasteiger charge is -2.38. The minimum atomic E-state index is -2.17. The number of ether oxygens (including phenoxy) is 1. The molecule has 0 bridgehead atoms. The van der Waals surface area contributed by atoms with E-state index in [9.17, 15) is 5.11 Å². The second-order valence-corrected chi connectivity index (χ2v) is 20.4. The Hall–Kier alpha value is 0.451. The fourth-order valence-electron chi connectivity index (χ4n) is 2.19. The molecule has 2 N–H and O–H groups in total. The van der Waals surface area contributed by atoms with Crippen LogP contribution in [-0.2, 0) is 13.0 Å². The summed E-state index contributed by atoms with van der Waals surface area (Å²) in [6.45, 7) is 15.8. The molecular weight excluding hydrogens is 320 g/mol. The quantitative estimate of drug-likeness (QED) is 0.441. The van der Waals surface area contributed by atoms with Gasteiger partial charge in [0.05, 0.1) is 13.2 Å². The largest absolute Gasteiger partial charge is 0.437 e. The van der Waals surface area contributed by atoms with Crippen LogP contribution in [0.3, 0.4) is 0 Å². The van der Waals surface area contributed by atoms with Gasteiger partial charge in [0.1, 0.15) is 6.10 Å². The summed E-state index contributed by atoms with van der Waals surface area (Å²) in [4.78, 5) is 0. The van der Waals surface area contributed by atoms with Crippen molar-refractivity contribution in [2.75, 3.05) is 19.8 Å². The molecule has 0 aromatic heterocycles. The maximum atomic E-state index is 9.22. The summed E-state index contributed by atoms with van der Waals surface area (Å²) in [6, 6.07) is 0.900. The molecule has 0 aliphatic carbocycles. The van der Waals surface area contributed by atoms with Crippen molar-refractivity contribution >= 4 is 25.2 Å². The molecule has 0 saturated carbocycles. The van der Waals surface area contributed by atoms with E-state index in [0.717, 1.165) is 12.5 Å². The molecule has 0 radical (unpaired) electrons.